The van der Waals surface area contributed by atoms with Gasteiger partial charge in [-0.25, -0.2) is 0 Å². The van der Waals surface area contributed by atoms with E-state index in [2.05, 4.69) is 17.6 Å². The van der Waals surface area contributed by atoms with Gasteiger partial charge in [-0.2, -0.15) is 11.8 Å². The Hall–Kier alpha value is -0.870. The lowest BCUT2D eigenvalue weighted by atomic mass is 10.2. The smallest absolute Gasteiger partial charge is 0.231 e. The van der Waals surface area contributed by atoms with Gasteiger partial charge in [0.1, 0.15) is 0 Å². The number of rotatable bonds is 7. The van der Waals surface area contributed by atoms with Crippen molar-refractivity contribution in [1.29, 1.82) is 0 Å². The average Bonchev–Trinajstić information content (AvgIpc) is 2.82. The van der Waals surface area contributed by atoms with E-state index in [1.807, 2.05) is 23.9 Å². The monoisotopic (exact) mass is 253 g/mol. The van der Waals surface area contributed by atoms with Crippen LogP contribution in [0, 0.1) is 0 Å². The van der Waals surface area contributed by atoms with Gasteiger partial charge in [-0.3, -0.25) is 0 Å². The summed E-state index contributed by atoms with van der Waals surface area (Å²) in [4.78, 5) is 0. The van der Waals surface area contributed by atoms with Crippen LogP contribution in [-0.2, 0) is 6.54 Å². The van der Waals surface area contributed by atoms with Crippen molar-refractivity contribution in [3.8, 4) is 11.5 Å². The molecule has 0 saturated carbocycles. The fourth-order valence-electron chi connectivity index (χ4n) is 1.85. The SMILES string of the molecule is CSCCCCNCc1cccc2c1OCO2. The topological polar surface area (TPSA) is 30.5 Å². The van der Waals surface area contributed by atoms with Crippen molar-refractivity contribution in [1.82, 2.24) is 5.32 Å². The maximum absolute atomic E-state index is 5.46. The van der Waals surface area contributed by atoms with E-state index in [1.165, 1.54) is 24.2 Å². The van der Waals surface area contributed by atoms with Crippen LogP contribution in [0.1, 0.15) is 18.4 Å². The third-order valence-electron chi connectivity index (χ3n) is 2.75. The molecule has 3 nitrogen and oxygen atoms in total. The van der Waals surface area contributed by atoms with Gasteiger partial charge in [0.15, 0.2) is 11.5 Å². The second kappa shape index (κ2) is 6.77. The minimum Gasteiger partial charge on any atom is -0.454 e. The molecule has 4 heteroatoms. The molecule has 17 heavy (non-hydrogen) atoms. The van der Waals surface area contributed by atoms with Crippen LogP contribution in [0.25, 0.3) is 0 Å². The molecule has 1 heterocycles. The molecule has 1 aromatic rings. The predicted octanol–water partition coefficient (Wildman–Crippen LogP) is 2.65. The van der Waals surface area contributed by atoms with E-state index in [-0.39, 0.29) is 0 Å². The number of benzene rings is 1. The van der Waals surface area contributed by atoms with Crippen LogP contribution in [0.2, 0.25) is 0 Å². The molecule has 0 unspecified atom stereocenters. The molecule has 1 aromatic carbocycles. The van der Waals surface area contributed by atoms with Gasteiger partial charge in [-0.1, -0.05) is 12.1 Å². The van der Waals surface area contributed by atoms with E-state index < -0.39 is 0 Å². The minimum absolute atomic E-state index is 0.347. The second-order valence-electron chi connectivity index (χ2n) is 4.03. The number of fused-ring (bicyclic) bond motifs is 1. The van der Waals surface area contributed by atoms with Gasteiger partial charge < -0.3 is 14.8 Å². The lowest BCUT2D eigenvalue weighted by molar-refractivity contribution is 0.173. The molecule has 0 spiro atoms. The summed E-state index contributed by atoms with van der Waals surface area (Å²) in [6.45, 7) is 2.26. The molecule has 0 fully saturated rings. The first-order valence-corrected chi connectivity index (χ1v) is 7.38. The molecule has 0 aliphatic carbocycles. The van der Waals surface area contributed by atoms with Crippen molar-refractivity contribution >= 4 is 11.8 Å². The van der Waals surface area contributed by atoms with E-state index in [1.54, 1.807) is 0 Å². The van der Waals surface area contributed by atoms with Crippen LogP contribution < -0.4 is 14.8 Å². The van der Waals surface area contributed by atoms with Crippen LogP contribution in [0.3, 0.4) is 0 Å². The first-order valence-electron chi connectivity index (χ1n) is 5.99. The van der Waals surface area contributed by atoms with E-state index in [9.17, 15) is 0 Å². The van der Waals surface area contributed by atoms with Crippen molar-refractivity contribution in [3.63, 3.8) is 0 Å². The number of ether oxygens (including phenoxy) is 2. The highest BCUT2D eigenvalue weighted by atomic mass is 32.2. The van der Waals surface area contributed by atoms with E-state index in [0.717, 1.165) is 24.6 Å². The second-order valence-corrected chi connectivity index (χ2v) is 5.01. The Labute approximate surface area is 107 Å². The van der Waals surface area contributed by atoms with E-state index in [0.29, 0.717) is 6.79 Å². The molecule has 0 saturated heterocycles. The van der Waals surface area contributed by atoms with Gasteiger partial charge in [0, 0.05) is 12.1 Å². The summed E-state index contributed by atoms with van der Waals surface area (Å²) in [5.41, 5.74) is 1.19. The quantitative estimate of drug-likeness (QED) is 0.757. The maximum atomic E-state index is 5.46. The third kappa shape index (κ3) is 3.54. The van der Waals surface area contributed by atoms with Gasteiger partial charge in [-0.05, 0) is 37.5 Å². The summed E-state index contributed by atoms with van der Waals surface area (Å²) in [6.07, 6.45) is 4.66. The van der Waals surface area contributed by atoms with Crippen molar-refractivity contribution < 1.29 is 9.47 Å². The molecule has 1 aliphatic rings. The van der Waals surface area contributed by atoms with Crippen molar-refractivity contribution in [2.75, 3.05) is 25.3 Å². The van der Waals surface area contributed by atoms with Crippen LogP contribution in [0.4, 0.5) is 0 Å². The zero-order chi connectivity index (χ0) is 11.9. The highest BCUT2D eigenvalue weighted by Crippen LogP contribution is 2.35. The molecule has 1 aliphatic heterocycles. The van der Waals surface area contributed by atoms with Crippen LogP contribution >= 0.6 is 11.8 Å². The Morgan fingerprint density at radius 1 is 1.29 bits per heavy atom. The number of unbranched alkanes of at least 4 members (excludes halogenated alkanes) is 1. The summed E-state index contributed by atoms with van der Waals surface area (Å²) in [5, 5.41) is 3.45. The molecule has 0 amide bonds. The van der Waals surface area contributed by atoms with Gasteiger partial charge >= 0.3 is 0 Å². The predicted molar refractivity (Wildman–Crippen MR) is 71.9 cm³/mol. The number of hydrogen-bond acceptors (Lipinski definition) is 4. The largest absolute Gasteiger partial charge is 0.454 e. The van der Waals surface area contributed by atoms with Gasteiger partial charge in [0.05, 0.1) is 0 Å². The molecular formula is C13H19NO2S. The molecule has 0 bridgehead atoms. The Morgan fingerprint density at radius 3 is 3.12 bits per heavy atom. The van der Waals surface area contributed by atoms with Crippen molar-refractivity contribution in [3.05, 3.63) is 23.8 Å². The number of hydrogen-bond donors (Lipinski definition) is 1. The first-order chi connectivity index (χ1) is 8.42. The Morgan fingerprint density at radius 2 is 2.24 bits per heavy atom. The Kier molecular flexibility index (Phi) is 5.01. The molecule has 1 N–H and O–H groups in total. The first kappa shape index (κ1) is 12.6. The molecule has 94 valence electrons. The lowest BCUT2D eigenvalue weighted by Crippen LogP contribution is -2.15. The lowest BCUT2D eigenvalue weighted by Gasteiger charge is -2.07. The van der Waals surface area contributed by atoms with E-state index >= 15 is 0 Å². The standard InChI is InChI=1S/C13H19NO2S/c1-17-8-3-2-7-14-9-11-5-4-6-12-13(11)16-10-15-12/h4-6,14H,2-3,7-10H2,1H3. The van der Waals surface area contributed by atoms with Gasteiger partial charge in [-0.15, -0.1) is 0 Å². The highest BCUT2D eigenvalue weighted by Gasteiger charge is 2.16. The maximum Gasteiger partial charge on any atom is 0.231 e. The van der Waals surface area contributed by atoms with Crippen LogP contribution in [-0.4, -0.2) is 25.3 Å². The molecule has 0 aromatic heterocycles. The zero-order valence-corrected chi connectivity index (χ0v) is 11.0. The van der Waals surface area contributed by atoms with Crippen LogP contribution in [0.5, 0.6) is 11.5 Å². The van der Waals surface area contributed by atoms with E-state index in [4.69, 9.17) is 9.47 Å². The Bertz CT molecular complexity index is 357. The summed E-state index contributed by atoms with van der Waals surface area (Å²) >= 11 is 1.91. The van der Waals surface area contributed by atoms with Gasteiger partial charge in [0.25, 0.3) is 0 Å². The Balaban J connectivity index is 1.74. The molecule has 0 radical (unpaired) electrons. The van der Waals surface area contributed by atoms with Crippen LogP contribution in [0.15, 0.2) is 18.2 Å². The molecule has 0 atom stereocenters. The third-order valence-corrected chi connectivity index (χ3v) is 3.44. The summed E-state index contributed by atoms with van der Waals surface area (Å²) in [6, 6.07) is 6.05. The molecule has 2 rings (SSSR count). The minimum atomic E-state index is 0.347. The number of thioether (sulfide) groups is 1. The average molecular weight is 253 g/mol. The number of para-hydroxylation sites is 1. The molecular weight excluding hydrogens is 234 g/mol. The number of nitrogens with one attached hydrogen (secondary N) is 1. The fraction of sp³-hybridized carbons (Fsp3) is 0.538. The normalized spacial score (nSPS) is 13.0. The summed E-state index contributed by atoms with van der Waals surface area (Å²) in [5.74, 6) is 3.02. The summed E-state index contributed by atoms with van der Waals surface area (Å²) < 4.78 is 10.8. The van der Waals surface area contributed by atoms with Crippen molar-refractivity contribution in [2.45, 2.75) is 19.4 Å². The van der Waals surface area contributed by atoms with Crippen molar-refractivity contribution in [2.24, 2.45) is 0 Å². The summed E-state index contributed by atoms with van der Waals surface area (Å²) in [7, 11) is 0. The van der Waals surface area contributed by atoms with Gasteiger partial charge in [0.2, 0.25) is 6.79 Å². The highest BCUT2D eigenvalue weighted by molar-refractivity contribution is 7.98. The zero-order valence-electron chi connectivity index (χ0n) is 10.2. The fourth-order valence-corrected chi connectivity index (χ4v) is 2.34.